The number of anilines is 4. The van der Waals surface area contributed by atoms with Crippen molar-refractivity contribution in [1.82, 2.24) is 0 Å². The molecule has 1 aliphatic rings. The van der Waals surface area contributed by atoms with Crippen molar-refractivity contribution in [1.29, 1.82) is 0 Å². The highest BCUT2D eigenvalue weighted by Crippen LogP contribution is 2.48. The maximum atomic E-state index is 2.34. The SMILES string of the molecule is CN1c2ccccc2N(C)c2c(CC(C)(C)C)cccc21. The highest BCUT2D eigenvalue weighted by atomic mass is 15.2. The molecule has 0 spiro atoms. The largest absolute Gasteiger partial charge is 0.341 e. The Morgan fingerprint density at radius 1 is 0.762 bits per heavy atom. The van der Waals surface area contributed by atoms with Gasteiger partial charge in [0.25, 0.3) is 0 Å². The van der Waals surface area contributed by atoms with E-state index in [4.69, 9.17) is 0 Å². The van der Waals surface area contributed by atoms with Gasteiger partial charge in [0.05, 0.1) is 22.7 Å². The van der Waals surface area contributed by atoms with Crippen molar-refractivity contribution < 1.29 is 0 Å². The highest BCUT2D eigenvalue weighted by Gasteiger charge is 2.27. The van der Waals surface area contributed by atoms with Gasteiger partial charge in [-0.05, 0) is 35.6 Å². The molecule has 2 nitrogen and oxygen atoms in total. The van der Waals surface area contributed by atoms with Crippen LogP contribution in [0, 0.1) is 5.41 Å². The topological polar surface area (TPSA) is 6.48 Å². The molecule has 0 fully saturated rings. The standard InChI is InChI=1S/C19H24N2/c1-19(2,3)13-14-9-8-12-17-18(14)21(5)16-11-7-6-10-15(16)20(17)4/h6-12H,13H2,1-5H3. The van der Waals surface area contributed by atoms with Crippen LogP contribution in [0.15, 0.2) is 42.5 Å². The molecule has 3 rings (SSSR count). The molecule has 2 heteroatoms. The molecule has 2 aromatic rings. The van der Waals surface area contributed by atoms with Gasteiger partial charge in [-0.25, -0.2) is 0 Å². The minimum Gasteiger partial charge on any atom is -0.341 e. The molecule has 0 N–H and O–H groups in total. The first kappa shape index (κ1) is 14.0. The van der Waals surface area contributed by atoms with Crippen LogP contribution in [0.5, 0.6) is 0 Å². The predicted molar refractivity (Wildman–Crippen MR) is 92.2 cm³/mol. The number of fused-ring (bicyclic) bond motifs is 2. The Bertz CT molecular complexity index is 668. The summed E-state index contributed by atoms with van der Waals surface area (Å²) in [5.41, 5.74) is 6.87. The Hall–Kier alpha value is -1.96. The molecular formula is C19H24N2. The molecule has 0 aliphatic carbocycles. The van der Waals surface area contributed by atoms with Crippen LogP contribution in [0.3, 0.4) is 0 Å². The van der Waals surface area contributed by atoms with Crippen molar-refractivity contribution in [2.24, 2.45) is 5.41 Å². The molecule has 1 aliphatic heterocycles. The van der Waals surface area contributed by atoms with E-state index in [2.05, 4.69) is 87.1 Å². The molecule has 0 amide bonds. The van der Waals surface area contributed by atoms with E-state index in [9.17, 15) is 0 Å². The van der Waals surface area contributed by atoms with E-state index in [1.807, 2.05) is 0 Å². The Labute approximate surface area is 128 Å². The van der Waals surface area contributed by atoms with Crippen LogP contribution in [0.2, 0.25) is 0 Å². The van der Waals surface area contributed by atoms with Crippen LogP contribution in [-0.2, 0) is 6.42 Å². The predicted octanol–water partition coefficient (Wildman–Crippen LogP) is 5.12. The third-order valence-electron chi connectivity index (χ3n) is 4.12. The molecule has 1 heterocycles. The number of hydrogen-bond acceptors (Lipinski definition) is 2. The van der Waals surface area contributed by atoms with Crippen LogP contribution in [0.4, 0.5) is 22.7 Å². The summed E-state index contributed by atoms with van der Waals surface area (Å²) < 4.78 is 0. The Balaban J connectivity index is 2.16. The van der Waals surface area contributed by atoms with Gasteiger partial charge in [-0.1, -0.05) is 45.0 Å². The number of benzene rings is 2. The zero-order valence-corrected chi connectivity index (χ0v) is 13.6. The van der Waals surface area contributed by atoms with Crippen LogP contribution in [0.25, 0.3) is 0 Å². The third-order valence-corrected chi connectivity index (χ3v) is 4.12. The fraction of sp³-hybridized carbons (Fsp3) is 0.368. The number of rotatable bonds is 1. The number of para-hydroxylation sites is 3. The molecule has 0 bridgehead atoms. The van der Waals surface area contributed by atoms with E-state index in [-0.39, 0.29) is 5.41 Å². The average Bonchev–Trinajstić information content (AvgIpc) is 2.43. The molecule has 0 saturated heterocycles. The van der Waals surface area contributed by atoms with Crippen molar-refractivity contribution in [2.45, 2.75) is 27.2 Å². The summed E-state index contributed by atoms with van der Waals surface area (Å²) in [6, 6.07) is 15.3. The van der Waals surface area contributed by atoms with E-state index in [0.717, 1.165) is 6.42 Å². The summed E-state index contributed by atoms with van der Waals surface area (Å²) in [4.78, 5) is 4.64. The fourth-order valence-electron chi connectivity index (χ4n) is 3.23. The fourth-order valence-corrected chi connectivity index (χ4v) is 3.23. The van der Waals surface area contributed by atoms with Crippen molar-refractivity contribution in [3.63, 3.8) is 0 Å². The van der Waals surface area contributed by atoms with Crippen molar-refractivity contribution in [3.05, 3.63) is 48.0 Å². The first-order valence-corrected chi connectivity index (χ1v) is 7.57. The van der Waals surface area contributed by atoms with Crippen LogP contribution in [-0.4, -0.2) is 14.1 Å². The van der Waals surface area contributed by atoms with Gasteiger partial charge in [0, 0.05) is 14.1 Å². The molecule has 2 aromatic carbocycles. The van der Waals surface area contributed by atoms with E-state index in [0.29, 0.717) is 0 Å². The smallest absolute Gasteiger partial charge is 0.0682 e. The van der Waals surface area contributed by atoms with E-state index < -0.39 is 0 Å². The van der Waals surface area contributed by atoms with Crippen LogP contribution < -0.4 is 9.80 Å². The normalized spacial score (nSPS) is 14.0. The Morgan fingerprint density at radius 2 is 1.33 bits per heavy atom. The summed E-state index contributed by atoms with van der Waals surface area (Å²) in [6.07, 6.45) is 1.08. The highest BCUT2D eigenvalue weighted by molar-refractivity contribution is 5.93. The van der Waals surface area contributed by atoms with Crippen LogP contribution >= 0.6 is 0 Å². The lowest BCUT2D eigenvalue weighted by Crippen LogP contribution is -2.26. The molecule has 0 saturated carbocycles. The van der Waals surface area contributed by atoms with Gasteiger partial charge in [0.15, 0.2) is 0 Å². The van der Waals surface area contributed by atoms with Gasteiger partial charge >= 0.3 is 0 Å². The molecule has 0 radical (unpaired) electrons. The van der Waals surface area contributed by atoms with E-state index >= 15 is 0 Å². The lowest BCUT2D eigenvalue weighted by atomic mass is 9.86. The van der Waals surface area contributed by atoms with Crippen molar-refractivity contribution in [3.8, 4) is 0 Å². The van der Waals surface area contributed by atoms with Crippen LogP contribution in [0.1, 0.15) is 26.3 Å². The second-order valence-electron chi connectivity index (χ2n) is 7.13. The van der Waals surface area contributed by atoms with Gasteiger partial charge in [-0.2, -0.15) is 0 Å². The van der Waals surface area contributed by atoms with Gasteiger partial charge in [0.1, 0.15) is 0 Å². The minimum atomic E-state index is 0.283. The lowest BCUT2D eigenvalue weighted by molar-refractivity contribution is 0.411. The van der Waals surface area contributed by atoms with Gasteiger partial charge < -0.3 is 9.80 Å². The first-order valence-electron chi connectivity index (χ1n) is 7.57. The second-order valence-corrected chi connectivity index (χ2v) is 7.13. The average molecular weight is 280 g/mol. The lowest BCUT2D eigenvalue weighted by Gasteiger charge is -2.38. The Kier molecular flexibility index (Phi) is 3.20. The summed E-state index contributed by atoms with van der Waals surface area (Å²) in [5, 5.41) is 0. The molecule has 110 valence electrons. The minimum absolute atomic E-state index is 0.283. The summed E-state index contributed by atoms with van der Waals surface area (Å²) in [7, 11) is 4.34. The number of hydrogen-bond donors (Lipinski definition) is 0. The zero-order chi connectivity index (χ0) is 15.2. The molecule has 0 unspecified atom stereocenters. The third kappa shape index (κ3) is 2.39. The molecule has 0 atom stereocenters. The van der Waals surface area contributed by atoms with Crippen molar-refractivity contribution in [2.75, 3.05) is 23.9 Å². The summed E-state index contributed by atoms with van der Waals surface area (Å²) in [6.45, 7) is 6.90. The van der Waals surface area contributed by atoms with E-state index in [1.54, 1.807) is 0 Å². The number of nitrogens with zero attached hydrogens (tertiary/aromatic N) is 2. The summed E-state index contributed by atoms with van der Waals surface area (Å²) >= 11 is 0. The zero-order valence-electron chi connectivity index (χ0n) is 13.6. The van der Waals surface area contributed by atoms with Crippen molar-refractivity contribution >= 4 is 22.7 Å². The van der Waals surface area contributed by atoms with E-state index in [1.165, 1.54) is 28.3 Å². The molecule has 0 aromatic heterocycles. The van der Waals surface area contributed by atoms with Gasteiger partial charge in [-0.15, -0.1) is 0 Å². The van der Waals surface area contributed by atoms with Gasteiger partial charge in [0.2, 0.25) is 0 Å². The monoisotopic (exact) mass is 280 g/mol. The Morgan fingerprint density at radius 3 is 1.95 bits per heavy atom. The first-order chi connectivity index (χ1) is 9.88. The maximum absolute atomic E-state index is 2.34. The molecular weight excluding hydrogens is 256 g/mol. The maximum Gasteiger partial charge on any atom is 0.0682 e. The van der Waals surface area contributed by atoms with Gasteiger partial charge in [-0.3, -0.25) is 0 Å². The summed E-state index contributed by atoms with van der Waals surface area (Å²) in [5.74, 6) is 0. The second kappa shape index (κ2) is 4.80. The molecule has 21 heavy (non-hydrogen) atoms. The quantitative estimate of drug-likeness (QED) is 0.715.